The molecule has 33 heavy (non-hydrogen) atoms. The lowest BCUT2D eigenvalue weighted by Crippen LogP contribution is -2.30. The molecule has 0 aliphatic carbocycles. The number of fused-ring (bicyclic) bond motifs is 1. The SMILES string of the molecule is CSc1cccc(NC(=O)Cn2c(C(C)NC(=O)c3ccc(C)cc3)nc3ccccc32)c1. The molecule has 0 aliphatic heterocycles. The third kappa shape index (κ3) is 5.26. The highest BCUT2D eigenvalue weighted by atomic mass is 32.2. The zero-order chi connectivity index (χ0) is 23.4. The third-order valence-corrected chi connectivity index (χ3v) is 6.11. The van der Waals surface area contributed by atoms with Gasteiger partial charge in [-0.1, -0.05) is 35.9 Å². The molecule has 0 saturated carbocycles. The van der Waals surface area contributed by atoms with Crippen molar-refractivity contribution >= 4 is 40.3 Å². The van der Waals surface area contributed by atoms with E-state index in [0.29, 0.717) is 11.4 Å². The van der Waals surface area contributed by atoms with Crippen LogP contribution >= 0.6 is 11.8 Å². The van der Waals surface area contributed by atoms with Gasteiger partial charge < -0.3 is 15.2 Å². The average molecular weight is 459 g/mol. The first kappa shape index (κ1) is 22.6. The summed E-state index contributed by atoms with van der Waals surface area (Å²) in [5, 5.41) is 5.98. The molecule has 1 heterocycles. The van der Waals surface area contributed by atoms with Crippen LogP contribution in [0.25, 0.3) is 11.0 Å². The van der Waals surface area contributed by atoms with Gasteiger partial charge in [0.25, 0.3) is 5.91 Å². The summed E-state index contributed by atoms with van der Waals surface area (Å²) < 4.78 is 1.86. The van der Waals surface area contributed by atoms with Crippen molar-refractivity contribution in [2.24, 2.45) is 0 Å². The van der Waals surface area contributed by atoms with E-state index in [9.17, 15) is 9.59 Å². The number of carbonyl (C=O) groups excluding carboxylic acids is 2. The van der Waals surface area contributed by atoms with Crippen LogP contribution in [0.4, 0.5) is 5.69 Å². The number of thioether (sulfide) groups is 1. The minimum absolute atomic E-state index is 0.0874. The van der Waals surface area contributed by atoms with E-state index in [1.54, 1.807) is 23.9 Å². The maximum atomic E-state index is 12.9. The van der Waals surface area contributed by atoms with Gasteiger partial charge in [0.2, 0.25) is 5.91 Å². The van der Waals surface area contributed by atoms with Gasteiger partial charge in [-0.2, -0.15) is 0 Å². The zero-order valence-electron chi connectivity index (χ0n) is 18.8. The minimum atomic E-state index is -0.390. The van der Waals surface area contributed by atoms with Gasteiger partial charge in [0.1, 0.15) is 12.4 Å². The van der Waals surface area contributed by atoms with Gasteiger partial charge in [-0.25, -0.2) is 4.98 Å². The third-order valence-electron chi connectivity index (χ3n) is 5.39. The van der Waals surface area contributed by atoms with Crippen LogP contribution in [0.5, 0.6) is 0 Å². The Kier molecular flexibility index (Phi) is 6.79. The molecule has 4 rings (SSSR count). The number of nitrogens with one attached hydrogen (secondary N) is 2. The Morgan fingerprint density at radius 1 is 1.03 bits per heavy atom. The van der Waals surface area contributed by atoms with Gasteiger partial charge >= 0.3 is 0 Å². The molecule has 1 atom stereocenters. The maximum Gasteiger partial charge on any atom is 0.251 e. The smallest absolute Gasteiger partial charge is 0.251 e. The summed E-state index contributed by atoms with van der Waals surface area (Å²) in [5.41, 5.74) is 4.05. The monoisotopic (exact) mass is 458 g/mol. The summed E-state index contributed by atoms with van der Waals surface area (Å²) in [5.74, 6) is 0.291. The first-order valence-corrected chi connectivity index (χ1v) is 11.9. The molecule has 0 saturated heterocycles. The molecule has 1 aromatic heterocycles. The highest BCUT2D eigenvalue weighted by molar-refractivity contribution is 7.98. The predicted octanol–water partition coefficient (Wildman–Crippen LogP) is 5.20. The number of anilines is 1. The normalized spacial score (nSPS) is 11.8. The first-order valence-electron chi connectivity index (χ1n) is 10.7. The molecular weight excluding hydrogens is 432 g/mol. The number of carbonyl (C=O) groups is 2. The van der Waals surface area contributed by atoms with Crippen LogP contribution in [0.1, 0.15) is 34.7 Å². The fraction of sp³-hybridized carbons (Fsp3) is 0.192. The van der Waals surface area contributed by atoms with E-state index in [4.69, 9.17) is 4.98 Å². The van der Waals surface area contributed by atoms with Crippen LogP contribution in [0, 0.1) is 6.92 Å². The second kappa shape index (κ2) is 9.92. The Bertz CT molecular complexity index is 1300. The molecule has 2 N–H and O–H groups in total. The number of aromatic nitrogens is 2. The van der Waals surface area contributed by atoms with Gasteiger partial charge in [-0.3, -0.25) is 9.59 Å². The number of nitrogens with zero attached hydrogens (tertiary/aromatic N) is 2. The van der Waals surface area contributed by atoms with Gasteiger partial charge in [0.05, 0.1) is 17.1 Å². The number of aryl methyl sites for hydroxylation is 1. The van der Waals surface area contributed by atoms with Gasteiger partial charge in [-0.05, 0) is 62.6 Å². The van der Waals surface area contributed by atoms with Crippen molar-refractivity contribution in [3.05, 3.63) is 89.7 Å². The molecule has 0 bridgehead atoms. The number of benzene rings is 3. The molecule has 6 nitrogen and oxygen atoms in total. The second-order valence-electron chi connectivity index (χ2n) is 7.89. The summed E-state index contributed by atoms with van der Waals surface area (Å²) in [6.45, 7) is 3.95. The Hall–Kier alpha value is -3.58. The van der Waals surface area contributed by atoms with Crippen LogP contribution in [0.3, 0.4) is 0 Å². The van der Waals surface area contributed by atoms with Crippen LogP contribution in [0.15, 0.2) is 77.7 Å². The van der Waals surface area contributed by atoms with E-state index in [0.717, 1.165) is 27.2 Å². The molecule has 0 aliphatic rings. The summed E-state index contributed by atoms with van der Waals surface area (Å²) in [6.07, 6.45) is 2.00. The Morgan fingerprint density at radius 2 is 1.79 bits per heavy atom. The van der Waals surface area contributed by atoms with E-state index in [2.05, 4.69) is 10.6 Å². The second-order valence-corrected chi connectivity index (χ2v) is 8.77. The quantitative estimate of drug-likeness (QED) is 0.374. The fourth-order valence-corrected chi connectivity index (χ4v) is 4.14. The molecule has 4 aromatic rings. The molecule has 168 valence electrons. The molecule has 0 radical (unpaired) electrons. The summed E-state index contributed by atoms with van der Waals surface area (Å²) in [6, 6.07) is 22.4. The Morgan fingerprint density at radius 3 is 2.55 bits per heavy atom. The number of hydrogen-bond acceptors (Lipinski definition) is 4. The van der Waals surface area contributed by atoms with Crippen LogP contribution in [-0.4, -0.2) is 27.6 Å². The standard InChI is InChI=1S/C26H26N4O2S/c1-17-11-13-19(14-12-17)26(32)27-18(2)25-29-22-9-4-5-10-23(22)30(25)16-24(31)28-20-7-6-8-21(15-20)33-3/h4-15,18H,16H2,1-3H3,(H,27,32)(H,28,31). The fourth-order valence-electron chi connectivity index (χ4n) is 3.69. The minimum Gasteiger partial charge on any atom is -0.342 e. The summed E-state index contributed by atoms with van der Waals surface area (Å²) in [7, 11) is 0. The van der Waals surface area contributed by atoms with E-state index >= 15 is 0 Å². The maximum absolute atomic E-state index is 12.9. The average Bonchev–Trinajstić information content (AvgIpc) is 3.18. The van der Waals surface area contributed by atoms with Gasteiger partial charge in [0, 0.05) is 16.1 Å². The lowest BCUT2D eigenvalue weighted by Gasteiger charge is -2.16. The van der Waals surface area contributed by atoms with Crippen molar-refractivity contribution in [2.45, 2.75) is 31.3 Å². The lowest BCUT2D eigenvalue weighted by atomic mass is 10.1. The van der Waals surface area contributed by atoms with E-state index in [-0.39, 0.29) is 24.4 Å². The summed E-state index contributed by atoms with van der Waals surface area (Å²) in [4.78, 5) is 31.5. The topological polar surface area (TPSA) is 76.0 Å². The summed E-state index contributed by atoms with van der Waals surface area (Å²) >= 11 is 1.62. The predicted molar refractivity (Wildman–Crippen MR) is 134 cm³/mol. The Labute approximate surface area is 197 Å². The number of hydrogen-bond donors (Lipinski definition) is 2. The van der Waals surface area contributed by atoms with Crippen LogP contribution in [-0.2, 0) is 11.3 Å². The lowest BCUT2D eigenvalue weighted by molar-refractivity contribution is -0.116. The Balaban J connectivity index is 1.57. The van der Waals surface area contributed by atoms with Crippen molar-refractivity contribution in [2.75, 3.05) is 11.6 Å². The molecule has 3 aromatic carbocycles. The van der Waals surface area contributed by atoms with Crippen molar-refractivity contribution < 1.29 is 9.59 Å². The number of imidazole rings is 1. The van der Waals surface area contributed by atoms with Gasteiger partial charge in [0.15, 0.2) is 0 Å². The van der Waals surface area contributed by atoms with Gasteiger partial charge in [-0.15, -0.1) is 11.8 Å². The highest BCUT2D eigenvalue weighted by Gasteiger charge is 2.20. The molecule has 0 spiro atoms. The highest BCUT2D eigenvalue weighted by Crippen LogP contribution is 2.22. The first-order chi connectivity index (χ1) is 15.9. The molecule has 7 heteroatoms. The van der Waals surface area contributed by atoms with Crippen molar-refractivity contribution in [3.8, 4) is 0 Å². The zero-order valence-corrected chi connectivity index (χ0v) is 19.6. The number of rotatable bonds is 7. The van der Waals surface area contributed by atoms with Crippen molar-refractivity contribution in [3.63, 3.8) is 0 Å². The van der Waals surface area contributed by atoms with E-state index < -0.39 is 0 Å². The van der Waals surface area contributed by atoms with E-state index in [1.807, 2.05) is 85.3 Å². The number of para-hydroxylation sites is 2. The van der Waals surface area contributed by atoms with Crippen LogP contribution < -0.4 is 10.6 Å². The molecule has 1 unspecified atom stereocenters. The molecule has 2 amide bonds. The molecule has 0 fully saturated rings. The largest absolute Gasteiger partial charge is 0.342 e. The molecular formula is C26H26N4O2S. The van der Waals surface area contributed by atoms with Crippen molar-refractivity contribution in [1.29, 1.82) is 0 Å². The van der Waals surface area contributed by atoms with Crippen molar-refractivity contribution in [1.82, 2.24) is 14.9 Å². The van der Waals surface area contributed by atoms with Crippen LogP contribution in [0.2, 0.25) is 0 Å². The van der Waals surface area contributed by atoms with E-state index in [1.165, 1.54) is 0 Å². The number of amides is 2.